The van der Waals surface area contributed by atoms with Crippen LogP contribution in [0.2, 0.25) is 0 Å². The Balaban J connectivity index is 1.67. The summed E-state index contributed by atoms with van der Waals surface area (Å²) in [6.07, 6.45) is 6.61. The summed E-state index contributed by atoms with van der Waals surface area (Å²) < 4.78 is 0. The first-order valence-corrected chi connectivity index (χ1v) is 6.83. The van der Waals surface area contributed by atoms with Crippen molar-refractivity contribution >= 4 is 11.8 Å². The van der Waals surface area contributed by atoms with Gasteiger partial charge in [-0.25, -0.2) is 0 Å². The first-order valence-electron chi connectivity index (χ1n) is 6.83. The maximum absolute atomic E-state index is 12.4. The second-order valence-electron chi connectivity index (χ2n) is 5.64. The predicted octanol–water partition coefficient (Wildman–Crippen LogP) is 0.914. The van der Waals surface area contributed by atoms with E-state index >= 15 is 0 Å². The molecule has 17 heavy (non-hydrogen) atoms. The Hall–Kier alpha value is -1.06. The molecule has 0 aromatic rings. The van der Waals surface area contributed by atoms with E-state index in [2.05, 4.69) is 10.2 Å². The molecule has 0 radical (unpaired) electrons. The van der Waals surface area contributed by atoms with Crippen LogP contribution >= 0.6 is 0 Å². The van der Waals surface area contributed by atoms with Crippen molar-refractivity contribution in [3.05, 3.63) is 0 Å². The number of hydrogen-bond donors (Lipinski definition) is 1. The van der Waals surface area contributed by atoms with Crippen LogP contribution in [0.5, 0.6) is 0 Å². The molecule has 1 aliphatic carbocycles. The fraction of sp³-hybridized carbons (Fsp3) is 0.846. The van der Waals surface area contributed by atoms with Gasteiger partial charge >= 0.3 is 0 Å². The molecule has 3 fully saturated rings. The average Bonchev–Trinajstić information content (AvgIpc) is 2.94. The molecule has 1 saturated carbocycles. The number of nitrogens with zero attached hydrogens (tertiary/aromatic N) is 1. The van der Waals surface area contributed by atoms with Gasteiger partial charge in [0.1, 0.15) is 0 Å². The van der Waals surface area contributed by atoms with Crippen molar-refractivity contribution in [1.29, 1.82) is 0 Å². The molecular formula is C13H20N2O2. The Bertz CT molecular complexity index is 342. The van der Waals surface area contributed by atoms with Gasteiger partial charge < -0.3 is 10.2 Å². The Morgan fingerprint density at radius 2 is 2.06 bits per heavy atom. The van der Waals surface area contributed by atoms with E-state index in [0.717, 1.165) is 12.5 Å². The number of fused-ring (bicyclic) bond motifs is 1. The molecular weight excluding hydrogens is 216 g/mol. The number of amides is 2. The van der Waals surface area contributed by atoms with Crippen LogP contribution in [0.15, 0.2) is 0 Å². The highest BCUT2D eigenvalue weighted by Gasteiger charge is 2.41. The fourth-order valence-electron chi connectivity index (χ4n) is 3.69. The van der Waals surface area contributed by atoms with Crippen LogP contribution in [0.3, 0.4) is 0 Å². The van der Waals surface area contributed by atoms with E-state index < -0.39 is 0 Å². The van der Waals surface area contributed by atoms with Gasteiger partial charge in [-0.1, -0.05) is 12.8 Å². The zero-order valence-electron chi connectivity index (χ0n) is 10.2. The Morgan fingerprint density at radius 3 is 2.82 bits per heavy atom. The summed E-state index contributed by atoms with van der Waals surface area (Å²) in [5, 5.41) is 2.76. The van der Waals surface area contributed by atoms with Gasteiger partial charge in [0, 0.05) is 25.6 Å². The molecule has 3 aliphatic rings. The summed E-state index contributed by atoms with van der Waals surface area (Å²) in [7, 11) is 0. The summed E-state index contributed by atoms with van der Waals surface area (Å²) >= 11 is 0. The minimum absolute atomic E-state index is 0.0303. The molecule has 4 nitrogen and oxygen atoms in total. The van der Waals surface area contributed by atoms with Crippen LogP contribution in [0, 0.1) is 11.8 Å². The van der Waals surface area contributed by atoms with Gasteiger partial charge in [-0.3, -0.25) is 9.59 Å². The summed E-state index contributed by atoms with van der Waals surface area (Å²) in [5.41, 5.74) is 0. The van der Waals surface area contributed by atoms with E-state index in [-0.39, 0.29) is 17.7 Å². The van der Waals surface area contributed by atoms with Gasteiger partial charge in [-0.05, 0) is 25.2 Å². The van der Waals surface area contributed by atoms with Crippen LogP contribution < -0.4 is 5.32 Å². The molecule has 4 heteroatoms. The lowest BCUT2D eigenvalue weighted by Gasteiger charge is -2.32. The average molecular weight is 236 g/mol. The van der Waals surface area contributed by atoms with Crippen LogP contribution in [0.1, 0.15) is 38.5 Å². The van der Waals surface area contributed by atoms with Crippen molar-refractivity contribution in [2.45, 2.75) is 44.6 Å². The second kappa shape index (κ2) is 4.31. The third-order valence-electron chi connectivity index (χ3n) is 4.62. The van der Waals surface area contributed by atoms with Crippen molar-refractivity contribution in [2.24, 2.45) is 11.8 Å². The number of nitrogens with one attached hydrogen (secondary N) is 1. The van der Waals surface area contributed by atoms with Gasteiger partial charge in [0.15, 0.2) is 0 Å². The SMILES string of the molecule is O=C1CC(C(=O)N2CCC3CCCCC32)CN1. The molecule has 0 aromatic heterocycles. The zero-order valence-corrected chi connectivity index (χ0v) is 10.2. The lowest BCUT2D eigenvalue weighted by Crippen LogP contribution is -2.42. The van der Waals surface area contributed by atoms with E-state index in [1.807, 2.05) is 0 Å². The van der Waals surface area contributed by atoms with Gasteiger partial charge in [0.05, 0.1) is 5.92 Å². The molecule has 2 aliphatic heterocycles. The molecule has 0 aromatic carbocycles. The number of carbonyl (C=O) groups is 2. The summed E-state index contributed by atoms with van der Waals surface area (Å²) in [6.45, 7) is 1.46. The third kappa shape index (κ3) is 1.94. The minimum Gasteiger partial charge on any atom is -0.355 e. The highest BCUT2D eigenvalue weighted by atomic mass is 16.2. The molecule has 2 heterocycles. The van der Waals surface area contributed by atoms with E-state index in [1.54, 1.807) is 0 Å². The minimum atomic E-state index is -0.0943. The van der Waals surface area contributed by atoms with E-state index in [9.17, 15) is 9.59 Å². The van der Waals surface area contributed by atoms with Crippen LogP contribution in [0.25, 0.3) is 0 Å². The number of carbonyl (C=O) groups excluding carboxylic acids is 2. The lowest BCUT2D eigenvalue weighted by atomic mass is 9.85. The van der Waals surface area contributed by atoms with Crippen molar-refractivity contribution in [1.82, 2.24) is 10.2 Å². The number of hydrogen-bond acceptors (Lipinski definition) is 2. The molecule has 0 bridgehead atoms. The summed E-state index contributed by atoms with van der Waals surface area (Å²) in [4.78, 5) is 25.6. The fourth-order valence-corrected chi connectivity index (χ4v) is 3.69. The quantitative estimate of drug-likeness (QED) is 0.736. The largest absolute Gasteiger partial charge is 0.355 e. The number of likely N-dealkylation sites (tertiary alicyclic amines) is 1. The molecule has 0 spiro atoms. The summed E-state index contributed by atoms with van der Waals surface area (Å²) in [5.74, 6) is 0.890. The first kappa shape index (κ1) is 11.1. The van der Waals surface area contributed by atoms with Crippen molar-refractivity contribution in [3.63, 3.8) is 0 Å². The Morgan fingerprint density at radius 1 is 1.24 bits per heavy atom. The molecule has 2 saturated heterocycles. The molecule has 2 amide bonds. The van der Waals surface area contributed by atoms with Crippen LogP contribution in [0.4, 0.5) is 0 Å². The molecule has 3 atom stereocenters. The van der Waals surface area contributed by atoms with E-state index in [4.69, 9.17) is 0 Å². The number of rotatable bonds is 1. The Kier molecular flexibility index (Phi) is 2.81. The van der Waals surface area contributed by atoms with Gasteiger partial charge in [-0.15, -0.1) is 0 Å². The third-order valence-corrected chi connectivity index (χ3v) is 4.62. The first-order chi connectivity index (χ1) is 8.25. The topological polar surface area (TPSA) is 49.4 Å². The highest BCUT2D eigenvalue weighted by molar-refractivity contribution is 5.89. The van der Waals surface area contributed by atoms with E-state index in [1.165, 1.54) is 32.1 Å². The monoisotopic (exact) mass is 236 g/mol. The molecule has 94 valence electrons. The van der Waals surface area contributed by atoms with Crippen LogP contribution in [-0.2, 0) is 9.59 Å². The molecule has 1 N–H and O–H groups in total. The smallest absolute Gasteiger partial charge is 0.228 e. The predicted molar refractivity (Wildman–Crippen MR) is 63.2 cm³/mol. The molecule has 3 rings (SSSR count). The van der Waals surface area contributed by atoms with E-state index in [0.29, 0.717) is 19.0 Å². The zero-order chi connectivity index (χ0) is 11.8. The van der Waals surface area contributed by atoms with Crippen molar-refractivity contribution in [2.75, 3.05) is 13.1 Å². The van der Waals surface area contributed by atoms with Gasteiger partial charge in [0.25, 0.3) is 0 Å². The highest BCUT2D eigenvalue weighted by Crippen LogP contribution is 2.37. The van der Waals surface area contributed by atoms with Crippen molar-refractivity contribution in [3.8, 4) is 0 Å². The Labute approximate surface area is 102 Å². The standard InChI is InChI=1S/C13H20N2O2/c16-12-7-10(8-14-12)13(17)15-6-5-9-3-1-2-4-11(9)15/h9-11H,1-8H2,(H,14,16). The second-order valence-corrected chi connectivity index (χ2v) is 5.64. The lowest BCUT2D eigenvalue weighted by molar-refractivity contribution is -0.137. The van der Waals surface area contributed by atoms with Crippen molar-refractivity contribution < 1.29 is 9.59 Å². The maximum Gasteiger partial charge on any atom is 0.228 e. The van der Waals surface area contributed by atoms with Gasteiger partial charge in [-0.2, -0.15) is 0 Å². The van der Waals surface area contributed by atoms with Gasteiger partial charge in [0.2, 0.25) is 11.8 Å². The normalized spacial score (nSPS) is 36.8. The molecule has 3 unspecified atom stereocenters. The summed E-state index contributed by atoms with van der Waals surface area (Å²) in [6, 6.07) is 0.479. The maximum atomic E-state index is 12.4. The van der Waals surface area contributed by atoms with Crippen LogP contribution in [-0.4, -0.2) is 35.8 Å².